The van der Waals surface area contributed by atoms with Gasteiger partial charge in [-0.15, -0.1) is 0 Å². The maximum Gasteiger partial charge on any atom is 0.224 e. The number of aryl methyl sites for hydroxylation is 1. The smallest absolute Gasteiger partial charge is 0.224 e. The minimum Gasteiger partial charge on any atom is -0.497 e. The van der Waals surface area contributed by atoms with Gasteiger partial charge in [-0.3, -0.25) is 9.69 Å². The molecule has 0 aliphatic carbocycles. The second-order valence-corrected chi connectivity index (χ2v) is 7.79. The van der Waals surface area contributed by atoms with Crippen molar-refractivity contribution < 1.29 is 24.1 Å². The molecule has 0 saturated carbocycles. The average molecular weight is 412 g/mol. The Morgan fingerprint density at radius 2 is 1.93 bits per heavy atom. The molecule has 2 aromatic carbocycles. The molecule has 7 nitrogen and oxygen atoms in total. The summed E-state index contributed by atoms with van der Waals surface area (Å²) in [5.74, 6) is 2.38. The van der Waals surface area contributed by atoms with Crippen LogP contribution in [0.4, 0.5) is 5.69 Å². The van der Waals surface area contributed by atoms with Crippen LogP contribution in [0.2, 0.25) is 0 Å². The number of carbonyl (C=O) groups excluding carboxylic acids is 1. The summed E-state index contributed by atoms with van der Waals surface area (Å²) in [4.78, 5) is 13.7. The molecule has 2 aliphatic heterocycles. The topological polar surface area (TPSA) is 80.3 Å². The number of aliphatic hydroxyl groups is 1. The summed E-state index contributed by atoms with van der Waals surface area (Å²) >= 11 is 0. The minimum absolute atomic E-state index is 0.0478. The molecule has 2 aliphatic rings. The van der Waals surface area contributed by atoms with E-state index in [-0.39, 0.29) is 12.0 Å². The van der Waals surface area contributed by atoms with Gasteiger partial charge in [0.05, 0.1) is 14.2 Å². The highest BCUT2D eigenvalue weighted by molar-refractivity contribution is 5.94. The van der Waals surface area contributed by atoms with Gasteiger partial charge in [0.15, 0.2) is 0 Å². The summed E-state index contributed by atoms with van der Waals surface area (Å²) in [6.07, 6.45) is 1.07. The van der Waals surface area contributed by atoms with E-state index < -0.39 is 6.10 Å². The lowest BCUT2D eigenvalue weighted by Crippen LogP contribution is -2.48. The second kappa shape index (κ2) is 8.93. The summed E-state index contributed by atoms with van der Waals surface area (Å²) in [5.41, 5.74) is 2.95. The van der Waals surface area contributed by atoms with Crippen molar-refractivity contribution in [1.29, 1.82) is 0 Å². The number of likely N-dealkylation sites (tertiary alicyclic amines) is 1. The average Bonchev–Trinajstić information content (AvgIpc) is 2.75. The number of amides is 1. The number of aliphatic hydroxyl groups excluding tert-OH is 1. The van der Waals surface area contributed by atoms with E-state index in [1.54, 1.807) is 14.2 Å². The number of β-amino-alcohol motifs (C(OH)–C–C–N with tert-alkyl or cyclic N) is 1. The normalized spacial score (nSPS) is 21.5. The number of hydrogen-bond acceptors (Lipinski definition) is 6. The molecular formula is C23H28N2O5. The molecule has 4 rings (SSSR count). The SMILES string of the molecule is COc1ccc(OC)c(CN2CC[C@@H](Oc3ccc4c(c3)CCC(=O)N4)[C@H](O)C2)c1. The predicted molar refractivity (Wildman–Crippen MR) is 113 cm³/mol. The molecular weight excluding hydrogens is 384 g/mol. The van der Waals surface area contributed by atoms with Crippen molar-refractivity contribution in [1.82, 2.24) is 4.90 Å². The van der Waals surface area contributed by atoms with E-state index in [9.17, 15) is 9.90 Å². The number of methoxy groups -OCH3 is 2. The zero-order valence-electron chi connectivity index (χ0n) is 17.4. The fourth-order valence-corrected chi connectivity index (χ4v) is 4.11. The van der Waals surface area contributed by atoms with Crippen molar-refractivity contribution in [3.05, 3.63) is 47.5 Å². The lowest BCUT2D eigenvalue weighted by Gasteiger charge is -2.36. The van der Waals surface area contributed by atoms with Gasteiger partial charge < -0.3 is 24.6 Å². The molecule has 0 bridgehead atoms. The Hall–Kier alpha value is -2.77. The van der Waals surface area contributed by atoms with Gasteiger partial charge in [-0.05, 0) is 54.8 Å². The molecule has 2 aromatic rings. The van der Waals surface area contributed by atoms with E-state index in [2.05, 4.69) is 10.2 Å². The van der Waals surface area contributed by atoms with Crippen molar-refractivity contribution in [2.24, 2.45) is 0 Å². The lowest BCUT2D eigenvalue weighted by molar-refractivity contribution is -0.116. The lowest BCUT2D eigenvalue weighted by atomic mass is 10.0. The Kier molecular flexibility index (Phi) is 6.11. The highest BCUT2D eigenvalue weighted by Gasteiger charge is 2.30. The monoisotopic (exact) mass is 412 g/mol. The van der Waals surface area contributed by atoms with E-state index >= 15 is 0 Å². The first-order valence-electron chi connectivity index (χ1n) is 10.3. The molecule has 0 spiro atoms. The standard InChI is InChI=1S/C23H28N2O5/c1-28-17-5-7-21(29-2)16(12-17)13-25-10-9-22(20(26)14-25)30-18-4-6-19-15(11-18)3-8-23(27)24-19/h4-7,11-12,20,22,26H,3,8-10,13-14H2,1-2H3,(H,24,27)/t20-,22-/m1/s1. The Balaban J connectivity index is 1.37. The Morgan fingerprint density at radius 3 is 2.70 bits per heavy atom. The van der Waals surface area contributed by atoms with Gasteiger partial charge in [0, 0.05) is 37.3 Å². The molecule has 1 amide bonds. The molecule has 1 saturated heterocycles. The summed E-state index contributed by atoms with van der Waals surface area (Å²) in [7, 11) is 3.30. The fourth-order valence-electron chi connectivity index (χ4n) is 4.11. The number of hydrogen-bond donors (Lipinski definition) is 2. The minimum atomic E-state index is -0.592. The molecule has 0 radical (unpaired) electrons. The van der Waals surface area contributed by atoms with Crippen molar-refractivity contribution in [3.8, 4) is 17.2 Å². The number of ether oxygens (including phenoxy) is 3. The number of nitrogens with zero attached hydrogens (tertiary/aromatic N) is 1. The Morgan fingerprint density at radius 1 is 1.10 bits per heavy atom. The third-order valence-electron chi connectivity index (χ3n) is 5.75. The number of piperidine rings is 1. The van der Waals surface area contributed by atoms with Crippen LogP contribution in [0.1, 0.15) is 24.0 Å². The maximum absolute atomic E-state index is 11.5. The van der Waals surface area contributed by atoms with Crippen LogP contribution < -0.4 is 19.5 Å². The summed E-state index contributed by atoms with van der Waals surface area (Å²) < 4.78 is 16.9. The highest BCUT2D eigenvalue weighted by Crippen LogP contribution is 2.30. The molecule has 7 heteroatoms. The van der Waals surface area contributed by atoms with E-state index in [0.717, 1.165) is 47.0 Å². The molecule has 2 N–H and O–H groups in total. The van der Waals surface area contributed by atoms with Crippen LogP contribution in [0.5, 0.6) is 17.2 Å². The number of nitrogens with one attached hydrogen (secondary N) is 1. The van der Waals surface area contributed by atoms with Gasteiger partial charge in [0.1, 0.15) is 29.5 Å². The first kappa shape index (κ1) is 20.5. The third-order valence-corrected chi connectivity index (χ3v) is 5.75. The molecule has 30 heavy (non-hydrogen) atoms. The maximum atomic E-state index is 11.5. The van der Waals surface area contributed by atoms with Crippen molar-refractivity contribution in [2.45, 2.75) is 38.0 Å². The van der Waals surface area contributed by atoms with E-state index in [4.69, 9.17) is 14.2 Å². The molecule has 0 unspecified atom stereocenters. The van der Waals surface area contributed by atoms with Crippen LogP contribution in [0, 0.1) is 0 Å². The van der Waals surface area contributed by atoms with Gasteiger partial charge in [0.2, 0.25) is 5.91 Å². The van der Waals surface area contributed by atoms with E-state index in [0.29, 0.717) is 25.9 Å². The number of anilines is 1. The van der Waals surface area contributed by atoms with Crippen molar-refractivity contribution in [2.75, 3.05) is 32.6 Å². The van der Waals surface area contributed by atoms with Crippen LogP contribution in [-0.2, 0) is 17.8 Å². The van der Waals surface area contributed by atoms with E-state index in [1.165, 1.54) is 0 Å². The fraction of sp³-hybridized carbons (Fsp3) is 0.435. The van der Waals surface area contributed by atoms with Gasteiger partial charge >= 0.3 is 0 Å². The van der Waals surface area contributed by atoms with Gasteiger partial charge in [-0.2, -0.15) is 0 Å². The van der Waals surface area contributed by atoms with Crippen LogP contribution in [0.25, 0.3) is 0 Å². The highest BCUT2D eigenvalue weighted by atomic mass is 16.5. The molecule has 0 aromatic heterocycles. The first-order valence-corrected chi connectivity index (χ1v) is 10.3. The number of benzene rings is 2. The molecule has 2 heterocycles. The van der Waals surface area contributed by atoms with Gasteiger partial charge in [0.25, 0.3) is 0 Å². The largest absolute Gasteiger partial charge is 0.497 e. The number of rotatable bonds is 6. The summed E-state index contributed by atoms with van der Waals surface area (Å²) in [5, 5.41) is 13.6. The van der Waals surface area contributed by atoms with E-state index in [1.807, 2.05) is 36.4 Å². The van der Waals surface area contributed by atoms with Crippen LogP contribution >= 0.6 is 0 Å². The number of carbonyl (C=O) groups is 1. The molecule has 160 valence electrons. The number of fused-ring (bicyclic) bond motifs is 1. The van der Waals surface area contributed by atoms with Crippen molar-refractivity contribution >= 4 is 11.6 Å². The Bertz CT molecular complexity index is 916. The molecule has 2 atom stereocenters. The van der Waals surface area contributed by atoms with Gasteiger partial charge in [-0.25, -0.2) is 0 Å². The first-order chi connectivity index (χ1) is 14.6. The molecule has 1 fully saturated rings. The van der Waals surface area contributed by atoms with Crippen LogP contribution in [0.3, 0.4) is 0 Å². The van der Waals surface area contributed by atoms with Crippen molar-refractivity contribution in [3.63, 3.8) is 0 Å². The quantitative estimate of drug-likeness (QED) is 0.759. The summed E-state index contributed by atoms with van der Waals surface area (Å²) in [6, 6.07) is 11.4. The van der Waals surface area contributed by atoms with Crippen LogP contribution in [-0.4, -0.2) is 55.4 Å². The summed E-state index contributed by atoms with van der Waals surface area (Å²) in [6.45, 7) is 2.00. The van der Waals surface area contributed by atoms with Crippen LogP contribution in [0.15, 0.2) is 36.4 Å². The second-order valence-electron chi connectivity index (χ2n) is 7.79. The van der Waals surface area contributed by atoms with Gasteiger partial charge in [-0.1, -0.05) is 0 Å². The predicted octanol–water partition coefficient (Wildman–Crippen LogP) is 2.60. The zero-order chi connectivity index (χ0) is 21.1. The Labute approximate surface area is 176 Å². The third kappa shape index (κ3) is 4.52. The zero-order valence-corrected chi connectivity index (χ0v) is 17.4.